The first-order chi connectivity index (χ1) is 10.2. The maximum Gasteiger partial charge on any atom is 0.416 e. The average Bonchev–Trinajstić information content (AvgIpc) is 2.45. The lowest BCUT2D eigenvalue weighted by molar-refractivity contribution is -0.137. The lowest BCUT2D eigenvalue weighted by atomic mass is 10.1. The van der Waals surface area contributed by atoms with Gasteiger partial charge in [-0.25, -0.2) is 0 Å². The second-order valence-corrected chi connectivity index (χ2v) is 5.54. The Morgan fingerprint density at radius 3 is 2.64 bits per heavy atom. The number of amides is 1. The zero-order valence-corrected chi connectivity index (χ0v) is 12.4. The van der Waals surface area contributed by atoms with Crippen molar-refractivity contribution in [3.8, 4) is 6.07 Å². The van der Waals surface area contributed by atoms with Gasteiger partial charge in [0.1, 0.15) is 6.04 Å². The summed E-state index contributed by atoms with van der Waals surface area (Å²) in [6, 6.07) is 4.36. The minimum atomic E-state index is -4.57. The lowest BCUT2D eigenvalue weighted by Gasteiger charge is -2.36. The molecule has 8 heteroatoms. The van der Waals surface area contributed by atoms with E-state index in [1.165, 1.54) is 11.0 Å². The highest BCUT2D eigenvalue weighted by molar-refractivity contribution is 6.31. The van der Waals surface area contributed by atoms with Crippen molar-refractivity contribution in [2.45, 2.75) is 12.2 Å². The Hall–Kier alpha value is -1.78. The average molecular weight is 332 g/mol. The van der Waals surface area contributed by atoms with Gasteiger partial charge in [0.05, 0.1) is 11.6 Å². The molecule has 118 valence electrons. The van der Waals surface area contributed by atoms with Gasteiger partial charge in [0.15, 0.2) is 0 Å². The van der Waals surface area contributed by atoms with Crippen molar-refractivity contribution >= 4 is 17.5 Å². The van der Waals surface area contributed by atoms with E-state index in [4.69, 9.17) is 16.9 Å². The highest BCUT2D eigenvalue weighted by Gasteiger charge is 2.33. The Balaban J connectivity index is 2.27. The van der Waals surface area contributed by atoms with Crippen molar-refractivity contribution in [2.75, 3.05) is 26.7 Å². The van der Waals surface area contributed by atoms with E-state index in [0.29, 0.717) is 13.1 Å². The summed E-state index contributed by atoms with van der Waals surface area (Å²) in [5.74, 6) is -0.554. The molecule has 0 saturated carbocycles. The second kappa shape index (κ2) is 6.15. The van der Waals surface area contributed by atoms with Crippen molar-refractivity contribution in [3.05, 3.63) is 34.3 Å². The Morgan fingerprint density at radius 2 is 2.05 bits per heavy atom. The van der Waals surface area contributed by atoms with E-state index in [1.54, 1.807) is 11.9 Å². The van der Waals surface area contributed by atoms with Gasteiger partial charge in [-0.05, 0) is 25.2 Å². The molecule has 1 aliphatic heterocycles. The van der Waals surface area contributed by atoms with Crippen LogP contribution in [0.25, 0.3) is 0 Å². The SMILES string of the molecule is CN1CCN(C(=O)c2cc(Cl)cc(C(F)(F)F)c2)CC1C#N. The lowest BCUT2D eigenvalue weighted by Crippen LogP contribution is -2.52. The normalized spacial score (nSPS) is 19.8. The van der Waals surface area contributed by atoms with E-state index in [2.05, 4.69) is 6.07 Å². The molecular weight excluding hydrogens is 319 g/mol. The van der Waals surface area contributed by atoms with Crippen molar-refractivity contribution < 1.29 is 18.0 Å². The Kier molecular flexibility index (Phi) is 4.63. The van der Waals surface area contributed by atoms with E-state index in [9.17, 15) is 18.0 Å². The summed E-state index contributed by atoms with van der Waals surface area (Å²) in [5.41, 5.74) is -1.09. The van der Waals surface area contributed by atoms with E-state index >= 15 is 0 Å². The van der Waals surface area contributed by atoms with Gasteiger partial charge >= 0.3 is 6.18 Å². The van der Waals surface area contributed by atoms with Gasteiger partial charge in [0.2, 0.25) is 0 Å². The third-order valence-corrected chi connectivity index (χ3v) is 3.77. The summed E-state index contributed by atoms with van der Waals surface area (Å²) in [6.07, 6.45) is -4.57. The van der Waals surface area contributed by atoms with Gasteiger partial charge in [-0.3, -0.25) is 9.69 Å². The summed E-state index contributed by atoms with van der Waals surface area (Å²) in [4.78, 5) is 15.5. The zero-order valence-electron chi connectivity index (χ0n) is 11.7. The van der Waals surface area contributed by atoms with E-state index < -0.39 is 23.7 Å². The number of carbonyl (C=O) groups is 1. The molecule has 4 nitrogen and oxygen atoms in total. The first-order valence-corrected chi connectivity index (χ1v) is 6.87. The van der Waals surface area contributed by atoms with Crippen molar-refractivity contribution in [1.29, 1.82) is 5.26 Å². The number of hydrogen-bond acceptors (Lipinski definition) is 3. The second-order valence-electron chi connectivity index (χ2n) is 5.10. The van der Waals surface area contributed by atoms with Crippen LogP contribution in [0.1, 0.15) is 15.9 Å². The van der Waals surface area contributed by atoms with Crippen LogP contribution < -0.4 is 0 Å². The standard InChI is InChI=1S/C14H13ClF3N3O/c1-20-2-3-21(8-12(20)7-19)13(22)9-4-10(14(16,17)18)6-11(15)5-9/h4-6,12H,2-3,8H2,1H3. The van der Waals surface area contributed by atoms with Crippen LogP contribution in [0.15, 0.2) is 18.2 Å². The van der Waals surface area contributed by atoms with E-state index in [1.807, 2.05) is 0 Å². The monoisotopic (exact) mass is 331 g/mol. The van der Waals surface area contributed by atoms with Crippen LogP contribution in [0.3, 0.4) is 0 Å². The molecule has 1 saturated heterocycles. The number of benzene rings is 1. The van der Waals surface area contributed by atoms with Gasteiger partial charge in [-0.1, -0.05) is 11.6 Å². The first-order valence-electron chi connectivity index (χ1n) is 6.49. The number of alkyl halides is 3. The molecule has 0 bridgehead atoms. The molecule has 1 unspecified atom stereocenters. The fourth-order valence-corrected chi connectivity index (χ4v) is 2.49. The molecule has 1 aromatic rings. The van der Waals surface area contributed by atoms with Crippen LogP contribution in [-0.4, -0.2) is 48.4 Å². The molecule has 1 aromatic carbocycles. The maximum absolute atomic E-state index is 12.8. The fourth-order valence-electron chi connectivity index (χ4n) is 2.26. The molecule has 1 atom stereocenters. The third-order valence-electron chi connectivity index (χ3n) is 3.56. The summed E-state index contributed by atoms with van der Waals surface area (Å²) < 4.78 is 38.4. The molecule has 0 aliphatic carbocycles. The quantitative estimate of drug-likeness (QED) is 0.795. The van der Waals surface area contributed by atoms with E-state index in [0.717, 1.165) is 12.1 Å². The molecule has 1 amide bonds. The molecule has 1 aliphatic rings. The third kappa shape index (κ3) is 3.51. The molecule has 1 heterocycles. The van der Waals surface area contributed by atoms with Crippen LogP contribution >= 0.6 is 11.6 Å². The topological polar surface area (TPSA) is 47.3 Å². The number of carbonyl (C=O) groups excluding carboxylic acids is 1. The minimum Gasteiger partial charge on any atom is -0.335 e. The summed E-state index contributed by atoms with van der Waals surface area (Å²) in [6.45, 7) is 0.984. The van der Waals surface area contributed by atoms with Crippen LogP contribution in [0.4, 0.5) is 13.2 Å². The first kappa shape index (κ1) is 16.6. The van der Waals surface area contributed by atoms with Gasteiger partial charge in [0.25, 0.3) is 5.91 Å². The van der Waals surface area contributed by atoms with Crippen molar-refractivity contribution in [3.63, 3.8) is 0 Å². The van der Waals surface area contributed by atoms with Crippen LogP contribution in [0.5, 0.6) is 0 Å². The van der Waals surface area contributed by atoms with Crippen LogP contribution in [0.2, 0.25) is 5.02 Å². The molecular formula is C14H13ClF3N3O. The number of hydrogen-bond donors (Lipinski definition) is 0. The van der Waals surface area contributed by atoms with E-state index in [-0.39, 0.29) is 17.1 Å². The van der Waals surface area contributed by atoms with Gasteiger partial charge in [-0.15, -0.1) is 0 Å². The smallest absolute Gasteiger partial charge is 0.335 e. The molecule has 22 heavy (non-hydrogen) atoms. The van der Waals surface area contributed by atoms with Gasteiger partial charge in [0, 0.05) is 30.2 Å². The number of likely N-dealkylation sites (N-methyl/N-ethyl adjacent to an activating group) is 1. The van der Waals surface area contributed by atoms with Crippen LogP contribution in [0, 0.1) is 11.3 Å². The van der Waals surface area contributed by atoms with Crippen molar-refractivity contribution in [1.82, 2.24) is 9.80 Å². The molecule has 2 rings (SSSR count). The Labute approximate surface area is 130 Å². The molecule has 0 aromatic heterocycles. The Bertz CT molecular complexity index is 627. The summed E-state index contributed by atoms with van der Waals surface area (Å²) >= 11 is 5.69. The maximum atomic E-state index is 12.8. The van der Waals surface area contributed by atoms with Crippen molar-refractivity contribution in [2.24, 2.45) is 0 Å². The number of piperazine rings is 1. The zero-order chi connectivity index (χ0) is 16.5. The number of halogens is 4. The number of nitriles is 1. The molecule has 1 fully saturated rings. The highest BCUT2D eigenvalue weighted by Crippen LogP contribution is 2.32. The van der Waals surface area contributed by atoms with Gasteiger partial charge < -0.3 is 4.90 Å². The largest absolute Gasteiger partial charge is 0.416 e. The minimum absolute atomic E-state index is 0.124. The van der Waals surface area contributed by atoms with Gasteiger partial charge in [-0.2, -0.15) is 18.4 Å². The molecule has 0 spiro atoms. The highest BCUT2D eigenvalue weighted by atomic mass is 35.5. The summed E-state index contributed by atoms with van der Waals surface area (Å²) in [5, 5.41) is 8.88. The Morgan fingerprint density at radius 1 is 1.36 bits per heavy atom. The fraction of sp³-hybridized carbons (Fsp3) is 0.429. The molecule has 0 N–H and O–H groups in total. The summed E-state index contributed by atoms with van der Waals surface area (Å²) in [7, 11) is 1.76. The predicted octanol–water partition coefficient (Wildman–Crippen LogP) is 2.64. The number of rotatable bonds is 1. The molecule has 0 radical (unpaired) electrons. The van der Waals surface area contributed by atoms with Crippen LogP contribution in [-0.2, 0) is 6.18 Å². The predicted molar refractivity (Wildman–Crippen MR) is 74.4 cm³/mol. The number of nitrogens with zero attached hydrogens (tertiary/aromatic N) is 3.